The number of rotatable bonds is 11. The van der Waals surface area contributed by atoms with Gasteiger partial charge in [-0.3, -0.25) is 9.59 Å². The van der Waals surface area contributed by atoms with E-state index in [1.807, 2.05) is 20.8 Å². The fourth-order valence-corrected chi connectivity index (χ4v) is 12.9. The Morgan fingerprint density at radius 1 is 0.782 bits per heavy atom. The number of alkyl halides is 4. The molecule has 3 aromatic rings. The van der Waals surface area contributed by atoms with Gasteiger partial charge in [-0.25, -0.2) is 16.8 Å². The van der Waals surface area contributed by atoms with Crippen LogP contribution in [0.15, 0.2) is 62.3 Å². The Labute approximate surface area is 327 Å². The lowest BCUT2D eigenvalue weighted by Crippen LogP contribution is -2.52. The number of hydrogen-bond acceptors (Lipinski definition) is 12. The van der Waals surface area contributed by atoms with E-state index in [1.54, 1.807) is 38.3 Å². The SMILES string of the molecule is CC(C)(C)CC(=O)C1(S(=O)(=O)c2ccc(-c3ccc(OC(F)(F)C(F)F)cc3)s2)CCOCC1.CC(C)(C)OC(=O)C1(S(=O)(=O)c2cccs2)CCOCC1. The van der Waals surface area contributed by atoms with Gasteiger partial charge in [-0.1, -0.05) is 26.8 Å². The molecule has 306 valence electrons. The second kappa shape index (κ2) is 16.9. The van der Waals surface area contributed by atoms with Crippen LogP contribution < -0.4 is 4.74 Å². The first-order valence-corrected chi connectivity index (χ1v) is 22.0. The highest BCUT2D eigenvalue weighted by atomic mass is 32.2. The van der Waals surface area contributed by atoms with Crippen LogP contribution in [-0.4, -0.2) is 82.6 Å². The predicted molar refractivity (Wildman–Crippen MR) is 201 cm³/mol. The molecular formula is C37H46F4O10S4. The van der Waals surface area contributed by atoms with Crippen molar-refractivity contribution in [3.8, 4) is 16.2 Å². The van der Waals surface area contributed by atoms with Gasteiger partial charge in [-0.2, -0.15) is 17.6 Å². The highest BCUT2D eigenvalue weighted by molar-refractivity contribution is 7.96. The van der Waals surface area contributed by atoms with Crippen molar-refractivity contribution in [2.75, 3.05) is 26.4 Å². The third-order valence-electron chi connectivity index (χ3n) is 8.85. The van der Waals surface area contributed by atoms with Crippen molar-refractivity contribution < 1.29 is 62.9 Å². The molecule has 55 heavy (non-hydrogen) atoms. The van der Waals surface area contributed by atoms with Crippen LogP contribution in [0.3, 0.4) is 0 Å². The Hall–Kier alpha value is -2.90. The number of carbonyl (C=O) groups is 2. The van der Waals surface area contributed by atoms with Gasteiger partial charge in [0, 0.05) is 50.6 Å². The maximum absolute atomic E-state index is 13.7. The summed E-state index contributed by atoms with van der Waals surface area (Å²) in [4.78, 5) is 26.4. The summed E-state index contributed by atoms with van der Waals surface area (Å²) in [5.74, 6) is -1.46. The molecule has 4 heterocycles. The average molecular weight is 855 g/mol. The van der Waals surface area contributed by atoms with Gasteiger partial charge < -0.3 is 18.9 Å². The molecule has 0 spiro atoms. The first-order chi connectivity index (χ1) is 25.4. The second-order valence-corrected chi connectivity index (χ2v) is 22.4. The highest BCUT2D eigenvalue weighted by Crippen LogP contribution is 2.43. The van der Waals surface area contributed by atoms with Gasteiger partial charge in [0.1, 0.15) is 24.5 Å². The summed E-state index contributed by atoms with van der Waals surface area (Å²) in [5.41, 5.74) is -0.627. The zero-order valence-electron chi connectivity index (χ0n) is 31.4. The summed E-state index contributed by atoms with van der Waals surface area (Å²) in [6.45, 7) is 11.6. The molecule has 2 aromatic heterocycles. The lowest BCUT2D eigenvalue weighted by Gasteiger charge is -2.36. The van der Waals surface area contributed by atoms with E-state index in [2.05, 4.69) is 4.74 Å². The molecule has 0 saturated carbocycles. The number of thiophene rings is 2. The molecule has 1 aromatic carbocycles. The largest absolute Gasteiger partial charge is 0.461 e. The van der Waals surface area contributed by atoms with Crippen LogP contribution in [0.5, 0.6) is 5.75 Å². The van der Waals surface area contributed by atoms with E-state index < -0.39 is 59.0 Å². The zero-order valence-corrected chi connectivity index (χ0v) is 34.6. The zero-order chi connectivity index (χ0) is 41.1. The number of ether oxygens (including phenoxy) is 4. The molecule has 0 N–H and O–H groups in total. The van der Waals surface area contributed by atoms with E-state index in [-0.39, 0.29) is 78.1 Å². The standard InChI is InChI=1S/C23H26F4O5S2.C14H20O5S2/c1-21(2,3)14-18(28)22(10-12-31-13-11-22)34(29,30)19-9-8-17(33-19)15-4-6-16(7-5-15)32-23(26,27)20(24)25;1-13(2,3)19-12(15)14(6-8-18-9-7-14)21(16,17)11-5-4-10-20-11/h4-9,20H,10-14H2,1-3H3;4-5,10H,6-9H2,1-3H3. The van der Waals surface area contributed by atoms with Crippen LogP contribution in [-0.2, 0) is 43.5 Å². The van der Waals surface area contributed by atoms with Crippen LogP contribution in [0.25, 0.3) is 10.4 Å². The summed E-state index contributed by atoms with van der Waals surface area (Å²) < 4.78 is 121. The number of halogens is 4. The number of esters is 1. The van der Waals surface area contributed by atoms with Crippen molar-refractivity contribution in [3.63, 3.8) is 0 Å². The van der Waals surface area contributed by atoms with Crippen LogP contribution in [0, 0.1) is 5.41 Å². The van der Waals surface area contributed by atoms with Gasteiger partial charge >= 0.3 is 18.5 Å². The third kappa shape index (κ3) is 10.2. The molecule has 0 unspecified atom stereocenters. The van der Waals surface area contributed by atoms with Crippen molar-refractivity contribution in [1.29, 1.82) is 0 Å². The van der Waals surface area contributed by atoms with E-state index >= 15 is 0 Å². The van der Waals surface area contributed by atoms with Crippen molar-refractivity contribution in [2.24, 2.45) is 5.41 Å². The molecule has 2 aliphatic rings. The lowest BCUT2D eigenvalue weighted by atomic mass is 9.82. The normalized spacial score (nSPS) is 17.9. The number of Topliss-reactive ketones (excluding diaryl/α,β-unsaturated/α-hetero) is 1. The molecule has 0 bridgehead atoms. The van der Waals surface area contributed by atoms with Crippen LogP contribution in [0.4, 0.5) is 17.6 Å². The molecule has 0 amide bonds. The predicted octanol–water partition coefficient (Wildman–Crippen LogP) is 8.39. The van der Waals surface area contributed by atoms with Crippen LogP contribution >= 0.6 is 22.7 Å². The molecule has 18 heteroatoms. The Balaban J connectivity index is 0.000000274. The molecule has 10 nitrogen and oxygen atoms in total. The lowest BCUT2D eigenvalue weighted by molar-refractivity contribution is -0.253. The second-order valence-electron chi connectivity index (χ2n) is 15.4. The number of carbonyl (C=O) groups excluding carboxylic acids is 2. The summed E-state index contributed by atoms with van der Waals surface area (Å²) in [6.07, 6.45) is -8.09. The number of sulfone groups is 2. The van der Waals surface area contributed by atoms with E-state index in [0.29, 0.717) is 10.4 Å². The van der Waals surface area contributed by atoms with Gasteiger partial charge in [0.05, 0.1) is 0 Å². The van der Waals surface area contributed by atoms with E-state index in [4.69, 9.17) is 14.2 Å². The van der Waals surface area contributed by atoms with Gasteiger partial charge in [-0.15, -0.1) is 22.7 Å². The monoisotopic (exact) mass is 854 g/mol. The maximum atomic E-state index is 13.7. The third-order valence-corrected chi connectivity index (χ3v) is 16.9. The maximum Gasteiger partial charge on any atom is 0.461 e. The summed E-state index contributed by atoms with van der Waals surface area (Å²) in [5, 5.41) is 1.69. The Morgan fingerprint density at radius 3 is 1.78 bits per heavy atom. The van der Waals surface area contributed by atoms with Gasteiger partial charge in [0.25, 0.3) is 0 Å². The Morgan fingerprint density at radius 2 is 1.31 bits per heavy atom. The Kier molecular flexibility index (Phi) is 13.8. The van der Waals surface area contributed by atoms with Crippen LogP contribution in [0.2, 0.25) is 0 Å². The highest BCUT2D eigenvalue weighted by Gasteiger charge is 2.55. The van der Waals surface area contributed by atoms with Gasteiger partial charge in [0.15, 0.2) is 10.5 Å². The summed E-state index contributed by atoms with van der Waals surface area (Å²) in [6, 6.07) is 11.1. The van der Waals surface area contributed by atoms with E-state index in [1.165, 1.54) is 24.3 Å². The average Bonchev–Trinajstić information content (AvgIpc) is 3.82. The molecule has 5 rings (SSSR count). The smallest absolute Gasteiger partial charge is 0.459 e. The van der Waals surface area contributed by atoms with Crippen molar-refractivity contribution >= 4 is 54.1 Å². The van der Waals surface area contributed by atoms with Crippen molar-refractivity contribution in [1.82, 2.24) is 0 Å². The minimum atomic E-state index is -4.62. The quantitative estimate of drug-likeness (QED) is 0.137. The number of ketones is 1. The minimum absolute atomic E-state index is 0.0243. The van der Waals surface area contributed by atoms with Gasteiger partial charge in [0.2, 0.25) is 19.7 Å². The van der Waals surface area contributed by atoms with E-state index in [0.717, 1.165) is 34.8 Å². The van der Waals surface area contributed by atoms with Crippen LogP contribution in [0.1, 0.15) is 73.6 Å². The fourth-order valence-electron chi connectivity index (χ4n) is 6.01. The van der Waals surface area contributed by atoms with Gasteiger partial charge in [-0.05, 0) is 92.4 Å². The minimum Gasteiger partial charge on any atom is -0.459 e. The summed E-state index contributed by atoms with van der Waals surface area (Å²) >= 11 is 2.08. The molecule has 0 atom stereocenters. The molecule has 2 fully saturated rings. The first-order valence-electron chi connectivity index (χ1n) is 17.4. The molecule has 2 aliphatic heterocycles. The molecule has 2 saturated heterocycles. The van der Waals surface area contributed by atoms with Crippen molar-refractivity contribution in [2.45, 2.75) is 110 Å². The topological polar surface area (TPSA) is 139 Å². The molecule has 0 radical (unpaired) electrons. The Bertz CT molecular complexity index is 1980. The first kappa shape index (κ1) is 44.8. The number of hydrogen-bond donors (Lipinski definition) is 0. The molecule has 0 aliphatic carbocycles. The number of benzene rings is 1. The van der Waals surface area contributed by atoms with Crippen molar-refractivity contribution in [3.05, 3.63) is 53.9 Å². The fraction of sp³-hybridized carbons (Fsp3) is 0.568. The molecular weight excluding hydrogens is 809 g/mol. The summed E-state index contributed by atoms with van der Waals surface area (Å²) in [7, 11) is -7.83. The van der Waals surface area contributed by atoms with E-state index in [9.17, 15) is 44.0 Å².